The van der Waals surface area contributed by atoms with Gasteiger partial charge in [0.2, 0.25) is 0 Å². The molecule has 29 heavy (non-hydrogen) atoms. The van der Waals surface area contributed by atoms with E-state index in [9.17, 15) is 5.11 Å². The smallest absolute Gasteiger partial charge is 0.159 e. The van der Waals surface area contributed by atoms with E-state index in [4.69, 9.17) is 45.3 Å². The molecule has 1 aliphatic carbocycles. The Labute approximate surface area is 188 Å². The third-order valence-electron chi connectivity index (χ3n) is 6.26. The Morgan fingerprint density at radius 3 is 2.14 bits per heavy atom. The first-order valence-corrected chi connectivity index (χ1v) is 11.3. The molecule has 0 radical (unpaired) electrons. The summed E-state index contributed by atoms with van der Waals surface area (Å²) in [7, 11) is 0. The van der Waals surface area contributed by atoms with Gasteiger partial charge in [-0.2, -0.15) is 0 Å². The second kappa shape index (κ2) is 8.43. The fourth-order valence-corrected chi connectivity index (χ4v) is 4.95. The van der Waals surface area contributed by atoms with Gasteiger partial charge in [0.1, 0.15) is 5.02 Å². The number of benzene rings is 2. The number of ether oxygens (including phenoxy) is 1. The molecule has 160 valence electrons. The molecule has 1 atom stereocenters. The molecule has 2 aromatic carbocycles. The highest BCUT2D eigenvalue weighted by Gasteiger charge is 2.31. The molecule has 0 heterocycles. The van der Waals surface area contributed by atoms with Crippen LogP contribution in [0.15, 0.2) is 18.2 Å². The number of aliphatic hydroxyl groups excluding tert-OH is 1. The van der Waals surface area contributed by atoms with E-state index in [-0.39, 0.29) is 12.7 Å². The van der Waals surface area contributed by atoms with Gasteiger partial charge in [-0.15, -0.1) is 0 Å². The number of nitrogens with two attached hydrogens (primary N) is 1. The van der Waals surface area contributed by atoms with Crippen LogP contribution in [-0.2, 0) is 5.54 Å². The van der Waals surface area contributed by atoms with Crippen LogP contribution in [0.2, 0.25) is 15.1 Å². The van der Waals surface area contributed by atoms with Crippen molar-refractivity contribution in [2.75, 3.05) is 6.61 Å². The molecule has 3 N–H and O–H groups in total. The Balaban J connectivity index is 1.91. The summed E-state index contributed by atoms with van der Waals surface area (Å²) >= 11 is 19.9. The van der Waals surface area contributed by atoms with E-state index in [1.807, 2.05) is 18.2 Å². The first-order chi connectivity index (χ1) is 13.5. The lowest BCUT2D eigenvalue weighted by molar-refractivity contribution is 0.0884. The summed E-state index contributed by atoms with van der Waals surface area (Å²) in [4.78, 5) is 0. The maximum atomic E-state index is 9.56. The number of aliphatic hydroxyl groups is 1. The third kappa shape index (κ3) is 4.65. The van der Waals surface area contributed by atoms with Gasteiger partial charge in [-0.1, -0.05) is 67.7 Å². The summed E-state index contributed by atoms with van der Waals surface area (Å²) in [5.74, 6) is 1.15. The minimum Gasteiger partial charge on any atom is -0.487 e. The summed E-state index contributed by atoms with van der Waals surface area (Å²) in [5.41, 5.74) is 6.36. The van der Waals surface area contributed by atoms with Crippen molar-refractivity contribution in [2.45, 2.75) is 65.0 Å². The summed E-state index contributed by atoms with van der Waals surface area (Å²) in [6.45, 7) is 8.47. The number of fused-ring (bicyclic) bond motifs is 1. The number of halogens is 3. The molecule has 1 saturated carbocycles. The van der Waals surface area contributed by atoms with Gasteiger partial charge in [-0.25, -0.2) is 0 Å². The van der Waals surface area contributed by atoms with E-state index in [2.05, 4.69) is 20.8 Å². The van der Waals surface area contributed by atoms with Crippen LogP contribution >= 0.6 is 34.8 Å². The predicted octanol–water partition coefficient (Wildman–Crippen LogP) is 6.95. The largest absolute Gasteiger partial charge is 0.487 e. The maximum absolute atomic E-state index is 9.56. The van der Waals surface area contributed by atoms with Crippen LogP contribution in [-0.4, -0.2) is 17.8 Å². The molecule has 0 aliphatic heterocycles. The lowest BCUT2D eigenvalue weighted by atomic mass is 9.72. The second-order valence-corrected chi connectivity index (χ2v) is 10.7. The molecular weight excluding hydrogens is 429 g/mol. The molecule has 1 aliphatic rings. The standard InChI is InChI=1S/C23H30Cl3NO2/c1-22(2,3)13-5-8-15(9-6-13)29-21-19(25)16-10-7-14(23(4,27)12-28)11-17(16)18(24)20(21)26/h7,10-11,13,15,28H,5-6,8-9,12,27H2,1-4H3/t13?,15?,23-/m0/s1. The van der Waals surface area contributed by atoms with Gasteiger partial charge in [-0.05, 0) is 55.6 Å². The Kier molecular flexibility index (Phi) is 6.68. The van der Waals surface area contributed by atoms with Crippen LogP contribution < -0.4 is 10.5 Å². The van der Waals surface area contributed by atoms with E-state index in [1.165, 1.54) is 0 Å². The number of hydrogen-bond acceptors (Lipinski definition) is 3. The average molecular weight is 459 g/mol. The maximum Gasteiger partial charge on any atom is 0.159 e. The van der Waals surface area contributed by atoms with E-state index in [1.54, 1.807) is 6.92 Å². The topological polar surface area (TPSA) is 55.5 Å². The first-order valence-electron chi connectivity index (χ1n) is 10.1. The molecule has 3 nitrogen and oxygen atoms in total. The highest BCUT2D eigenvalue weighted by Crippen LogP contribution is 2.47. The molecule has 6 heteroatoms. The quantitative estimate of drug-likeness (QED) is 0.487. The van der Waals surface area contributed by atoms with Crippen molar-refractivity contribution in [1.82, 2.24) is 0 Å². The van der Waals surface area contributed by atoms with E-state index >= 15 is 0 Å². The molecule has 0 bridgehead atoms. The van der Waals surface area contributed by atoms with Crippen molar-refractivity contribution in [3.05, 3.63) is 38.8 Å². The highest BCUT2D eigenvalue weighted by molar-refractivity contribution is 6.49. The van der Waals surface area contributed by atoms with Gasteiger partial charge in [0.15, 0.2) is 5.75 Å². The van der Waals surface area contributed by atoms with Crippen LogP contribution in [0.1, 0.15) is 58.9 Å². The van der Waals surface area contributed by atoms with Gasteiger partial charge in [0.25, 0.3) is 0 Å². The monoisotopic (exact) mass is 457 g/mol. The van der Waals surface area contributed by atoms with Crippen LogP contribution in [0.5, 0.6) is 5.75 Å². The van der Waals surface area contributed by atoms with Crippen molar-refractivity contribution in [3.63, 3.8) is 0 Å². The highest BCUT2D eigenvalue weighted by atomic mass is 35.5. The van der Waals surface area contributed by atoms with Crippen LogP contribution in [0.25, 0.3) is 10.8 Å². The van der Waals surface area contributed by atoms with Gasteiger partial charge in [0.05, 0.1) is 28.3 Å². The summed E-state index contributed by atoms with van der Waals surface area (Å²) in [6, 6.07) is 5.55. The van der Waals surface area contributed by atoms with Crippen LogP contribution in [0, 0.1) is 11.3 Å². The van der Waals surface area contributed by atoms with Gasteiger partial charge in [-0.3, -0.25) is 0 Å². The SMILES string of the molecule is CC(C)(C)C1CCC(Oc2c(Cl)c(Cl)c3cc([C@@](C)(N)CO)ccc3c2Cl)CC1. The lowest BCUT2D eigenvalue weighted by Crippen LogP contribution is -2.36. The number of hydrogen-bond donors (Lipinski definition) is 2. The summed E-state index contributed by atoms with van der Waals surface area (Å²) < 4.78 is 6.27. The molecule has 3 rings (SSSR count). The van der Waals surface area contributed by atoms with Crippen molar-refractivity contribution in [3.8, 4) is 5.75 Å². The van der Waals surface area contributed by atoms with E-state index in [0.29, 0.717) is 37.5 Å². The lowest BCUT2D eigenvalue weighted by Gasteiger charge is -2.37. The Bertz CT molecular complexity index is 897. The Hall–Kier alpha value is -0.710. The molecule has 0 unspecified atom stereocenters. The zero-order valence-corrected chi connectivity index (χ0v) is 19.8. The minimum atomic E-state index is -0.878. The van der Waals surface area contributed by atoms with Crippen molar-refractivity contribution >= 4 is 45.6 Å². The second-order valence-electron chi connectivity index (χ2n) is 9.56. The zero-order chi connectivity index (χ0) is 21.6. The fourth-order valence-electron chi connectivity index (χ4n) is 4.12. The van der Waals surface area contributed by atoms with Crippen molar-refractivity contribution in [1.29, 1.82) is 0 Å². The minimum absolute atomic E-state index is 0.0816. The third-order valence-corrected chi connectivity index (χ3v) is 7.48. The number of rotatable bonds is 4. The van der Waals surface area contributed by atoms with E-state index in [0.717, 1.165) is 36.6 Å². The molecule has 0 aromatic heterocycles. The Morgan fingerprint density at radius 2 is 1.59 bits per heavy atom. The van der Waals surface area contributed by atoms with Crippen LogP contribution in [0.4, 0.5) is 0 Å². The molecule has 0 amide bonds. The van der Waals surface area contributed by atoms with Crippen molar-refractivity contribution < 1.29 is 9.84 Å². The fraction of sp³-hybridized carbons (Fsp3) is 0.565. The van der Waals surface area contributed by atoms with Gasteiger partial charge >= 0.3 is 0 Å². The Morgan fingerprint density at radius 1 is 0.966 bits per heavy atom. The normalized spacial score (nSPS) is 22.5. The van der Waals surface area contributed by atoms with Crippen LogP contribution in [0.3, 0.4) is 0 Å². The van der Waals surface area contributed by atoms with Gasteiger partial charge < -0.3 is 15.6 Å². The first kappa shape index (κ1) is 23.0. The molecule has 2 aromatic rings. The molecule has 0 spiro atoms. The molecule has 1 fully saturated rings. The molecular formula is C23H30Cl3NO2. The summed E-state index contributed by atoms with van der Waals surface area (Å²) in [6.07, 6.45) is 4.29. The van der Waals surface area contributed by atoms with Crippen molar-refractivity contribution in [2.24, 2.45) is 17.1 Å². The predicted molar refractivity (Wildman–Crippen MR) is 123 cm³/mol. The van der Waals surface area contributed by atoms with E-state index < -0.39 is 5.54 Å². The zero-order valence-electron chi connectivity index (χ0n) is 17.5. The summed E-state index contributed by atoms with van der Waals surface area (Å²) in [5, 5.41) is 12.2. The van der Waals surface area contributed by atoms with Gasteiger partial charge in [0, 0.05) is 10.8 Å². The average Bonchev–Trinajstić information content (AvgIpc) is 2.68. The molecule has 0 saturated heterocycles.